The second-order valence-corrected chi connectivity index (χ2v) is 8.06. The predicted molar refractivity (Wildman–Crippen MR) is 89.3 cm³/mol. The lowest BCUT2D eigenvalue weighted by molar-refractivity contribution is 0.571. The maximum absolute atomic E-state index is 11.9. The number of hydrogen-bond donors (Lipinski definition) is 2. The molecule has 20 heavy (non-hydrogen) atoms. The van der Waals surface area contributed by atoms with Gasteiger partial charge in [0.25, 0.3) is 0 Å². The van der Waals surface area contributed by atoms with Gasteiger partial charge in [-0.1, -0.05) is 37.0 Å². The molecule has 0 saturated carbocycles. The van der Waals surface area contributed by atoms with Gasteiger partial charge < -0.3 is 5.32 Å². The van der Waals surface area contributed by atoms with Gasteiger partial charge in [-0.25, -0.2) is 8.42 Å². The summed E-state index contributed by atoms with van der Waals surface area (Å²) in [5.41, 5.74) is 0.289. The van der Waals surface area contributed by atoms with Crippen LogP contribution in [0, 0.1) is 0 Å². The predicted octanol–water partition coefficient (Wildman–Crippen LogP) is 3.89. The standard InChI is InChI=1S/C12H17BrCl2N2O2S/c1-8(2)16-6-3-7-20(18,19)17-10-5-4-9(13)11(14)12(10)15/h4-5,8,16-17H,3,6-7H2,1-2H3. The number of halogens is 3. The molecule has 0 amide bonds. The van der Waals surface area contributed by atoms with Gasteiger partial charge in [0, 0.05) is 10.5 Å². The Balaban J connectivity index is 2.65. The molecule has 0 spiro atoms. The van der Waals surface area contributed by atoms with Gasteiger partial charge in [-0.05, 0) is 41.0 Å². The van der Waals surface area contributed by atoms with E-state index in [1.165, 1.54) is 0 Å². The highest BCUT2D eigenvalue weighted by molar-refractivity contribution is 9.10. The Morgan fingerprint density at radius 3 is 2.50 bits per heavy atom. The number of nitrogens with one attached hydrogen (secondary N) is 2. The molecule has 1 rings (SSSR count). The average molecular weight is 404 g/mol. The zero-order valence-corrected chi connectivity index (χ0v) is 15.1. The minimum Gasteiger partial charge on any atom is -0.314 e. The van der Waals surface area contributed by atoms with E-state index in [0.29, 0.717) is 23.5 Å². The van der Waals surface area contributed by atoms with Crippen LogP contribution in [0.2, 0.25) is 10.0 Å². The van der Waals surface area contributed by atoms with Crippen LogP contribution in [0.5, 0.6) is 0 Å². The molecule has 1 aromatic carbocycles. The van der Waals surface area contributed by atoms with E-state index in [2.05, 4.69) is 26.0 Å². The SMILES string of the molecule is CC(C)NCCCS(=O)(=O)Nc1ccc(Br)c(Cl)c1Cl. The molecule has 0 saturated heterocycles. The van der Waals surface area contributed by atoms with Crippen molar-refractivity contribution in [3.05, 3.63) is 26.7 Å². The van der Waals surface area contributed by atoms with Crippen LogP contribution in [-0.4, -0.2) is 26.8 Å². The molecule has 0 aromatic heterocycles. The molecule has 1 aromatic rings. The first-order valence-corrected chi connectivity index (χ1v) is 9.30. The molecule has 114 valence electrons. The van der Waals surface area contributed by atoms with Crippen molar-refractivity contribution in [2.24, 2.45) is 0 Å². The van der Waals surface area contributed by atoms with Crippen molar-refractivity contribution in [3.63, 3.8) is 0 Å². The summed E-state index contributed by atoms with van der Waals surface area (Å²) in [4.78, 5) is 0. The Bertz CT molecular complexity index is 565. The topological polar surface area (TPSA) is 58.2 Å². The van der Waals surface area contributed by atoms with Gasteiger partial charge in [-0.3, -0.25) is 4.72 Å². The Hall–Kier alpha value is -0.0100. The normalized spacial score (nSPS) is 11.9. The van der Waals surface area contributed by atoms with Crippen LogP contribution < -0.4 is 10.0 Å². The van der Waals surface area contributed by atoms with Gasteiger partial charge in [-0.2, -0.15) is 0 Å². The van der Waals surface area contributed by atoms with E-state index in [0.717, 1.165) is 0 Å². The van der Waals surface area contributed by atoms with Crippen molar-refractivity contribution in [2.75, 3.05) is 17.0 Å². The molecular formula is C12H17BrCl2N2O2S. The third kappa shape index (κ3) is 5.77. The third-order valence-corrected chi connectivity index (χ3v) is 5.57. The minimum absolute atomic E-state index is 0.0245. The Labute approximate surface area is 138 Å². The molecule has 0 atom stereocenters. The van der Waals surface area contributed by atoms with Gasteiger partial charge in [0.1, 0.15) is 0 Å². The quantitative estimate of drug-likeness (QED) is 0.536. The number of benzene rings is 1. The second kappa shape index (κ2) is 7.84. The fourth-order valence-electron chi connectivity index (χ4n) is 1.48. The summed E-state index contributed by atoms with van der Waals surface area (Å²) < 4.78 is 27.0. The van der Waals surface area contributed by atoms with Crippen LogP contribution in [0.25, 0.3) is 0 Å². The van der Waals surface area contributed by atoms with Crippen molar-refractivity contribution in [2.45, 2.75) is 26.3 Å². The van der Waals surface area contributed by atoms with E-state index in [1.54, 1.807) is 12.1 Å². The van der Waals surface area contributed by atoms with Crippen LogP contribution in [-0.2, 0) is 10.0 Å². The molecule has 0 aliphatic carbocycles. The lowest BCUT2D eigenvalue weighted by atomic mass is 10.3. The summed E-state index contributed by atoms with van der Waals surface area (Å²) >= 11 is 15.2. The van der Waals surface area contributed by atoms with E-state index < -0.39 is 10.0 Å². The third-order valence-electron chi connectivity index (χ3n) is 2.44. The minimum atomic E-state index is -3.43. The van der Waals surface area contributed by atoms with Gasteiger partial charge >= 0.3 is 0 Å². The summed E-state index contributed by atoms with van der Waals surface area (Å²) in [6, 6.07) is 3.56. The first-order chi connectivity index (χ1) is 9.23. The van der Waals surface area contributed by atoms with E-state index in [9.17, 15) is 8.42 Å². The molecule has 0 unspecified atom stereocenters. The van der Waals surface area contributed by atoms with Crippen LogP contribution in [0.4, 0.5) is 5.69 Å². The van der Waals surface area contributed by atoms with Gasteiger partial charge in [-0.15, -0.1) is 0 Å². The van der Waals surface area contributed by atoms with E-state index in [4.69, 9.17) is 23.2 Å². The molecular weight excluding hydrogens is 387 g/mol. The highest BCUT2D eigenvalue weighted by atomic mass is 79.9. The van der Waals surface area contributed by atoms with Gasteiger partial charge in [0.15, 0.2) is 0 Å². The molecule has 2 N–H and O–H groups in total. The summed E-state index contributed by atoms with van der Waals surface area (Å²) in [7, 11) is -3.43. The molecule has 0 radical (unpaired) electrons. The van der Waals surface area contributed by atoms with Crippen LogP contribution in [0.1, 0.15) is 20.3 Å². The summed E-state index contributed by atoms with van der Waals surface area (Å²) in [5, 5.41) is 3.63. The fourth-order valence-corrected chi connectivity index (χ4v) is 3.49. The van der Waals surface area contributed by atoms with E-state index >= 15 is 0 Å². The highest BCUT2D eigenvalue weighted by Crippen LogP contribution is 2.36. The number of anilines is 1. The van der Waals surface area contributed by atoms with Crippen molar-refractivity contribution in [1.82, 2.24) is 5.32 Å². The molecule has 0 heterocycles. The largest absolute Gasteiger partial charge is 0.314 e. The maximum atomic E-state index is 11.9. The number of rotatable bonds is 7. The zero-order chi connectivity index (χ0) is 15.3. The Kier molecular flexibility index (Phi) is 7.08. The van der Waals surface area contributed by atoms with Crippen molar-refractivity contribution >= 4 is 54.8 Å². The maximum Gasteiger partial charge on any atom is 0.232 e. The number of sulfonamides is 1. The zero-order valence-electron chi connectivity index (χ0n) is 11.2. The Morgan fingerprint density at radius 2 is 1.90 bits per heavy atom. The molecule has 0 aliphatic heterocycles. The lowest BCUT2D eigenvalue weighted by Gasteiger charge is -2.12. The monoisotopic (exact) mass is 402 g/mol. The lowest BCUT2D eigenvalue weighted by Crippen LogP contribution is -2.26. The van der Waals surface area contributed by atoms with E-state index in [1.807, 2.05) is 13.8 Å². The van der Waals surface area contributed by atoms with Crippen molar-refractivity contribution in [3.8, 4) is 0 Å². The highest BCUT2D eigenvalue weighted by Gasteiger charge is 2.15. The molecule has 0 fully saturated rings. The van der Waals surface area contributed by atoms with Crippen LogP contribution >= 0.6 is 39.1 Å². The van der Waals surface area contributed by atoms with Crippen molar-refractivity contribution < 1.29 is 8.42 Å². The molecule has 4 nitrogen and oxygen atoms in total. The summed E-state index contributed by atoms with van der Waals surface area (Å²) in [5.74, 6) is 0.0245. The van der Waals surface area contributed by atoms with Crippen LogP contribution in [0.15, 0.2) is 16.6 Å². The molecule has 8 heteroatoms. The van der Waals surface area contributed by atoms with Crippen LogP contribution in [0.3, 0.4) is 0 Å². The first-order valence-electron chi connectivity index (χ1n) is 6.10. The van der Waals surface area contributed by atoms with Crippen molar-refractivity contribution in [1.29, 1.82) is 0 Å². The first kappa shape index (κ1) is 18.0. The smallest absolute Gasteiger partial charge is 0.232 e. The van der Waals surface area contributed by atoms with Gasteiger partial charge in [0.05, 0.1) is 21.5 Å². The molecule has 0 aliphatic rings. The number of hydrogen-bond acceptors (Lipinski definition) is 3. The summed E-state index contributed by atoms with van der Waals surface area (Å²) in [6.07, 6.45) is 0.523. The molecule has 0 bridgehead atoms. The average Bonchev–Trinajstić information content (AvgIpc) is 2.35. The fraction of sp³-hybridized carbons (Fsp3) is 0.500. The van der Waals surface area contributed by atoms with Gasteiger partial charge in [0.2, 0.25) is 10.0 Å². The summed E-state index contributed by atoms with van der Waals surface area (Å²) in [6.45, 7) is 4.67. The second-order valence-electron chi connectivity index (χ2n) is 4.61. The van der Waals surface area contributed by atoms with E-state index in [-0.39, 0.29) is 21.5 Å². The Morgan fingerprint density at radius 1 is 1.25 bits per heavy atom.